The van der Waals surface area contributed by atoms with Crippen molar-refractivity contribution in [3.8, 4) is 5.75 Å². The quantitative estimate of drug-likeness (QED) is 0.339. The summed E-state index contributed by atoms with van der Waals surface area (Å²) in [5.74, 6) is 1.68. The lowest BCUT2D eigenvalue weighted by Crippen LogP contribution is -2.52. The third-order valence-corrected chi connectivity index (χ3v) is 7.79. The van der Waals surface area contributed by atoms with Crippen LogP contribution in [-0.2, 0) is 28.3 Å². The maximum absolute atomic E-state index is 13.8. The summed E-state index contributed by atoms with van der Waals surface area (Å²) in [4.78, 5) is 29.2. The Morgan fingerprint density at radius 1 is 0.919 bits per heavy atom. The van der Waals surface area contributed by atoms with Crippen LogP contribution in [0, 0.1) is 0 Å². The Kier molecular flexibility index (Phi) is 10.1. The van der Waals surface area contributed by atoms with E-state index < -0.39 is 6.04 Å². The van der Waals surface area contributed by atoms with Crippen molar-refractivity contribution in [1.82, 2.24) is 10.2 Å². The minimum atomic E-state index is -0.598. The first kappa shape index (κ1) is 26.8. The number of thioether (sulfide) groups is 1. The highest BCUT2D eigenvalue weighted by atomic mass is 32.2. The fourth-order valence-electron chi connectivity index (χ4n) is 4.80. The summed E-state index contributed by atoms with van der Waals surface area (Å²) in [5, 5.41) is 3.26. The Labute approximate surface area is 224 Å². The van der Waals surface area contributed by atoms with Crippen molar-refractivity contribution in [3.63, 3.8) is 0 Å². The molecule has 5 nitrogen and oxygen atoms in total. The molecule has 4 rings (SSSR count). The lowest BCUT2D eigenvalue weighted by molar-refractivity contribution is -0.139. The summed E-state index contributed by atoms with van der Waals surface area (Å²) < 4.78 is 5.42. The Hall–Kier alpha value is -3.25. The van der Waals surface area contributed by atoms with Crippen LogP contribution in [-0.4, -0.2) is 41.7 Å². The van der Waals surface area contributed by atoms with E-state index in [1.54, 1.807) is 23.8 Å². The van der Waals surface area contributed by atoms with Crippen LogP contribution in [0.3, 0.4) is 0 Å². The zero-order valence-corrected chi connectivity index (χ0v) is 22.3. The molecule has 0 heterocycles. The number of hydrogen-bond acceptors (Lipinski definition) is 4. The average molecular weight is 517 g/mol. The van der Waals surface area contributed by atoms with Gasteiger partial charge in [-0.25, -0.2) is 0 Å². The van der Waals surface area contributed by atoms with E-state index in [2.05, 4.69) is 17.4 Å². The van der Waals surface area contributed by atoms with Gasteiger partial charge in [-0.05, 0) is 41.7 Å². The zero-order chi connectivity index (χ0) is 25.9. The lowest BCUT2D eigenvalue weighted by atomic mass is 10.0. The lowest BCUT2D eigenvalue weighted by Gasteiger charge is -2.32. The van der Waals surface area contributed by atoms with Crippen molar-refractivity contribution < 1.29 is 14.3 Å². The molecule has 1 aliphatic rings. The van der Waals surface area contributed by atoms with Crippen molar-refractivity contribution in [2.45, 2.75) is 56.5 Å². The molecule has 1 N–H and O–H groups in total. The maximum atomic E-state index is 13.8. The minimum absolute atomic E-state index is 0.0359. The van der Waals surface area contributed by atoms with Gasteiger partial charge in [0.05, 0.1) is 12.9 Å². The number of amides is 2. The number of benzene rings is 3. The number of nitrogens with zero attached hydrogens (tertiary/aromatic N) is 1. The fraction of sp³-hybridized carbons (Fsp3) is 0.355. The highest BCUT2D eigenvalue weighted by molar-refractivity contribution is 7.99. The first-order chi connectivity index (χ1) is 18.1. The second kappa shape index (κ2) is 13.9. The molecule has 194 valence electrons. The van der Waals surface area contributed by atoms with Crippen molar-refractivity contribution in [2.75, 3.05) is 12.9 Å². The summed E-state index contributed by atoms with van der Waals surface area (Å²) in [5.41, 5.74) is 3.15. The number of carbonyl (C=O) groups excluding carboxylic acids is 2. The third kappa shape index (κ3) is 8.12. The van der Waals surface area contributed by atoms with Crippen LogP contribution in [0.1, 0.15) is 42.4 Å². The Morgan fingerprint density at radius 2 is 1.57 bits per heavy atom. The first-order valence-corrected chi connectivity index (χ1v) is 14.2. The third-order valence-electron chi connectivity index (χ3n) is 6.80. The van der Waals surface area contributed by atoms with Crippen LogP contribution in [0.15, 0.2) is 84.9 Å². The van der Waals surface area contributed by atoms with Gasteiger partial charge >= 0.3 is 0 Å². The summed E-state index contributed by atoms with van der Waals surface area (Å²) in [6, 6.07) is 27.4. The van der Waals surface area contributed by atoms with Crippen LogP contribution in [0.5, 0.6) is 5.75 Å². The van der Waals surface area contributed by atoms with Gasteiger partial charge < -0.3 is 15.0 Å². The summed E-state index contributed by atoms with van der Waals surface area (Å²) in [6.07, 6.45) is 4.74. The van der Waals surface area contributed by atoms with Crippen LogP contribution in [0.2, 0.25) is 0 Å². The smallest absolute Gasteiger partial charge is 0.243 e. The molecule has 0 radical (unpaired) electrons. The molecule has 6 heteroatoms. The molecule has 0 aliphatic heterocycles. The Morgan fingerprint density at radius 3 is 2.24 bits per heavy atom. The molecule has 1 fully saturated rings. The van der Waals surface area contributed by atoms with Crippen molar-refractivity contribution in [2.24, 2.45) is 0 Å². The largest absolute Gasteiger partial charge is 0.497 e. The van der Waals surface area contributed by atoms with E-state index in [1.165, 1.54) is 5.56 Å². The molecule has 0 bridgehead atoms. The molecule has 0 saturated heterocycles. The summed E-state index contributed by atoms with van der Waals surface area (Å²) in [6.45, 7) is 0.345. The van der Waals surface area contributed by atoms with E-state index in [0.29, 0.717) is 18.7 Å². The van der Waals surface area contributed by atoms with Gasteiger partial charge in [-0.2, -0.15) is 0 Å². The van der Waals surface area contributed by atoms with Crippen LogP contribution in [0.4, 0.5) is 0 Å². The van der Waals surface area contributed by atoms with Gasteiger partial charge in [0.1, 0.15) is 11.8 Å². The Balaban J connectivity index is 1.58. The second-order valence-corrected chi connectivity index (χ2v) is 10.5. The van der Waals surface area contributed by atoms with E-state index in [1.807, 2.05) is 72.8 Å². The molecule has 1 atom stereocenters. The van der Waals surface area contributed by atoms with E-state index in [9.17, 15) is 9.59 Å². The molecular weight excluding hydrogens is 480 g/mol. The van der Waals surface area contributed by atoms with Gasteiger partial charge in [0, 0.05) is 24.8 Å². The second-order valence-electron chi connectivity index (χ2n) is 9.55. The Bertz CT molecular complexity index is 1130. The summed E-state index contributed by atoms with van der Waals surface area (Å²) in [7, 11) is 1.63. The maximum Gasteiger partial charge on any atom is 0.243 e. The fourth-order valence-corrected chi connectivity index (χ4v) is 5.67. The average Bonchev–Trinajstić information content (AvgIpc) is 3.45. The van der Waals surface area contributed by atoms with Gasteiger partial charge in [0.2, 0.25) is 11.8 Å². The molecule has 3 aromatic carbocycles. The number of rotatable bonds is 12. The molecule has 2 amide bonds. The number of nitrogens with one attached hydrogen (secondary N) is 1. The van der Waals surface area contributed by atoms with Gasteiger partial charge in [-0.3, -0.25) is 9.59 Å². The molecule has 37 heavy (non-hydrogen) atoms. The molecule has 0 spiro atoms. The topological polar surface area (TPSA) is 58.6 Å². The molecule has 1 unspecified atom stereocenters. The molecular formula is C31H36N2O3S. The molecule has 1 aliphatic carbocycles. The molecule has 1 saturated carbocycles. The number of carbonyl (C=O) groups is 2. The van der Waals surface area contributed by atoms with E-state index in [-0.39, 0.29) is 17.9 Å². The van der Waals surface area contributed by atoms with Gasteiger partial charge in [-0.1, -0.05) is 85.6 Å². The van der Waals surface area contributed by atoms with Gasteiger partial charge in [0.15, 0.2) is 0 Å². The predicted octanol–water partition coefficient (Wildman–Crippen LogP) is 5.63. The van der Waals surface area contributed by atoms with Crippen molar-refractivity contribution in [3.05, 3.63) is 102 Å². The van der Waals surface area contributed by atoms with Gasteiger partial charge in [-0.15, -0.1) is 11.8 Å². The van der Waals surface area contributed by atoms with E-state index >= 15 is 0 Å². The highest BCUT2D eigenvalue weighted by Crippen LogP contribution is 2.22. The normalized spacial score (nSPS) is 14.2. The number of ether oxygens (including phenoxy) is 1. The predicted molar refractivity (Wildman–Crippen MR) is 150 cm³/mol. The standard InChI is InChI=1S/C31H36N2O3S/c1-36-28-18-10-15-26(19-28)21-33(30(34)23-37-22-25-13-6-3-7-14-25)29(20-24-11-4-2-5-12-24)31(35)32-27-16-8-9-17-27/h2-7,10-15,18-19,27,29H,8-9,16-17,20-23H2,1H3,(H,32,35). The first-order valence-electron chi connectivity index (χ1n) is 13.0. The van der Waals surface area contributed by atoms with Crippen LogP contribution in [0.25, 0.3) is 0 Å². The van der Waals surface area contributed by atoms with Gasteiger partial charge in [0.25, 0.3) is 0 Å². The number of hydrogen-bond donors (Lipinski definition) is 1. The zero-order valence-electron chi connectivity index (χ0n) is 21.5. The van der Waals surface area contributed by atoms with E-state index in [4.69, 9.17) is 4.74 Å². The SMILES string of the molecule is COc1cccc(CN(C(=O)CSCc2ccccc2)C(Cc2ccccc2)C(=O)NC2CCCC2)c1. The number of methoxy groups -OCH3 is 1. The van der Waals surface area contributed by atoms with Crippen LogP contribution >= 0.6 is 11.8 Å². The molecule has 3 aromatic rings. The van der Waals surface area contributed by atoms with E-state index in [0.717, 1.165) is 48.3 Å². The van der Waals surface area contributed by atoms with Crippen molar-refractivity contribution >= 4 is 23.6 Å². The monoisotopic (exact) mass is 516 g/mol. The minimum Gasteiger partial charge on any atom is -0.497 e. The summed E-state index contributed by atoms with van der Waals surface area (Å²) >= 11 is 1.58. The van der Waals surface area contributed by atoms with Crippen molar-refractivity contribution in [1.29, 1.82) is 0 Å². The highest BCUT2D eigenvalue weighted by Gasteiger charge is 2.32. The molecule has 0 aromatic heterocycles. The van der Waals surface area contributed by atoms with Crippen LogP contribution < -0.4 is 10.1 Å².